The van der Waals surface area contributed by atoms with Crippen LogP contribution in [0.5, 0.6) is 0 Å². The van der Waals surface area contributed by atoms with E-state index in [-0.39, 0.29) is 5.41 Å². The van der Waals surface area contributed by atoms with E-state index >= 15 is 0 Å². The van der Waals surface area contributed by atoms with Crippen LogP contribution in [0.4, 0.5) is 0 Å². The average Bonchev–Trinajstić information content (AvgIpc) is 1.99. The van der Waals surface area contributed by atoms with Gasteiger partial charge < -0.3 is 9.64 Å². The highest BCUT2D eigenvalue weighted by Gasteiger charge is 2.35. The van der Waals surface area contributed by atoms with Gasteiger partial charge in [0.25, 0.3) is 0 Å². The number of hydrogen-bond donors (Lipinski definition) is 0. The van der Waals surface area contributed by atoms with Gasteiger partial charge in [-0.3, -0.25) is 0 Å². The smallest absolute Gasteiger partial charge is 0.0678 e. The molecule has 0 radical (unpaired) electrons. The van der Waals surface area contributed by atoms with E-state index in [2.05, 4.69) is 46.3 Å². The summed E-state index contributed by atoms with van der Waals surface area (Å²) < 4.78 is 6.03. The van der Waals surface area contributed by atoms with E-state index in [9.17, 15) is 0 Å². The first-order valence-electron chi connectivity index (χ1n) is 5.78. The third-order valence-electron chi connectivity index (χ3n) is 3.04. The maximum Gasteiger partial charge on any atom is 0.0678 e. The minimum Gasteiger partial charge on any atom is -0.374 e. The summed E-state index contributed by atoms with van der Waals surface area (Å²) >= 11 is 0. The molecule has 0 aliphatic carbocycles. The van der Waals surface area contributed by atoms with Crippen LogP contribution in [0.3, 0.4) is 0 Å². The van der Waals surface area contributed by atoms with Gasteiger partial charge in [0.1, 0.15) is 0 Å². The van der Waals surface area contributed by atoms with Gasteiger partial charge in [-0.25, -0.2) is 0 Å². The van der Waals surface area contributed by atoms with Gasteiger partial charge in [0, 0.05) is 12.0 Å². The highest BCUT2D eigenvalue weighted by molar-refractivity contribution is 5.04. The normalized spacial score (nSPS) is 28.5. The molecule has 0 bridgehead atoms. The first kappa shape index (κ1) is 12.7. The number of hydrogen-bond acceptors (Lipinski definition) is 2. The van der Waals surface area contributed by atoms with Crippen LogP contribution in [-0.2, 0) is 4.74 Å². The zero-order chi connectivity index (χ0) is 11.6. The maximum atomic E-state index is 6.03. The van der Waals surface area contributed by atoms with Crippen LogP contribution < -0.4 is 0 Å². The van der Waals surface area contributed by atoms with Crippen LogP contribution in [0, 0.1) is 5.41 Å². The number of nitrogens with zero attached hydrogens (tertiary/aromatic N) is 1. The summed E-state index contributed by atoms with van der Waals surface area (Å²) in [5.41, 5.74) is 1.53. The third-order valence-corrected chi connectivity index (χ3v) is 3.04. The van der Waals surface area contributed by atoms with E-state index in [1.54, 1.807) is 0 Å². The lowest BCUT2D eigenvalue weighted by Crippen LogP contribution is -2.44. The van der Waals surface area contributed by atoms with E-state index in [1.165, 1.54) is 5.57 Å². The van der Waals surface area contributed by atoms with Crippen molar-refractivity contribution in [2.75, 3.05) is 20.6 Å². The van der Waals surface area contributed by atoms with Crippen molar-refractivity contribution in [1.29, 1.82) is 0 Å². The molecule has 0 aromatic heterocycles. The van der Waals surface area contributed by atoms with Crippen molar-refractivity contribution in [3.63, 3.8) is 0 Å². The molecular formula is C13H25NO. The van der Waals surface area contributed by atoms with Gasteiger partial charge in [-0.05, 0) is 33.9 Å². The Bertz CT molecular complexity index is 233. The Morgan fingerprint density at radius 2 is 2.00 bits per heavy atom. The van der Waals surface area contributed by atoms with Gasteiger partial charge in [-0.15, -0.1) is 0 Å². The zero-order valence-electron chi connectivity index (χ0n) is 10.8. The summed E-state index contributed by atoms with van der Waals surface area (Å²) in [6, 6.07) is 0. The first-order chi connectivity index (χ1) is 6.81. The Labute approximate surface area is 94.3 Å². The minimum atomic E-state index is 0.196. The van der Waals surface area contributed by atoms with Gasteiger partial charge in [0.15, 0.2) is 0 Å². The predicted molar refractivity (Wildman–Crippen MR) is 65.0 cm³/mol. The van der Waals surface area contributed by atoms with Crippen LogP contribution >= 0.6 is 0 Å². The predicted octanol–water partition coefficient (Wildman–Crippen LogP) is 2.70. The molecule has 1 saturated heterocycles. The molecule has 2 atom stereocenters. The highest BCUT2D eigenvalue weighted by Crippen LogP contribution is 2.34. The van der Waals surface area contributed by atoms with Crippen molar-refractivity contribution in [1.82, 2.24) is 4.90 Å². The van der Waals surface area contributed by atoms with Crippen LogP contribution in [0.15, 0.2) is 12.2 Å². The summed E-state index contributed by atoms with van der Waals surface area (Å²) in [6.45, 7) is 11.9. The largest absolute Gasteiger partial charge is 0.374 e. The van der Waals surface area contributed by atoms with Crippen molar-refractivity contribution in [3.05, 3.63) is 12.2 Å². The highest BCUT2D eigenvalue weighted by atomic mass is 16.5. The summed E-state index contributed by atoms with van der Waals surface area (Å²) in [7, 11) is 4.23. The van der Waals surface area contributed by atoms with Gasteiger partial charge >= 0.3 is 0 Å². The van der Waals surface area contributed by atoms with E-state index in [0.29, 0.717) is 12.2 Å². The quantitative estimate of drug-likeness (QED) is 0.666. The molecule has 2 nitrogen and oxygen atoms in total. The fraction of sp³-hybridized carbons (Fsp3) is 0.846. The van der Waals surface area contributed by atoms with Crippen molar-refractivity contribution in [3.8, 4) is 0 Å². The topological polar surface area (TPSA) is 12.5 Å². The lowest BCUT2D eigenvalue weighted by atomic mass is 9.80. The molecule has 88 valence electrons. The Kier molecular flexibility index (Phi) is 3.96. The molecule has 0 aromatic carbocycles. The van der Waals surface area contributed by atoms with Crippen LogP contribution in [0.1, 0.15) is 33.6 Å². The summed E-state index contributed by atoms with van der Waals surface area (Å²) in [6.07, 6.45) is 2.69. The molecule has 0 aromatic rings. The summed E-state index contributed by atoms with van der Waals surface area (Å²) in [5.74, 6) is 0. The standard InChI is InChI=1S/C13H25NO/c1-10-7-11(2)15-12(8-10)13(3,4)9-14(5)6/h11-12H,1,7-9H2,2-6H3/t11-,12+/m1/s1. The lowest BCUT2D eigenvalue weighted by molar-refractivity contribution is -0.0860. The molecule has 0 unspecified atom stereocenters. The number of rotatable bonds is 3. The van der Waals surface area contributed by atoms with Gasteiger partial charge in [0.05, 0.1) is 12.2 Å². The zero-order valence-corrected chi connectivity index (χ0v) is 10.8. The average molecular weight is 211 g/mol. The molecule has 0 saturated carbocycles. The second kappa shape index (κ2) is 4.67. The SMILES string of the molecule is C=C1C[C@@H](C)O[C@H](C(C)(C)CN(C)C)C1. The molecule has 0 N–H and O–H groups in total. The fourth-order valence-electron chi connectivity index (χ4n) is 2.51. The monoisotopic (exact) mass is 211 g/mol. The van der Waals surface area contributed by atoms with Crippen molar-refractivity contribution in [2.45, 2.75) is 45.8 Å². The van der Waals surface area contributed by atoms with Crippen LogP contribution in [-0.4, -0.2) is 37.7 Å². The fourth-order valence-corrected chi connectivity index (χ4v) is 2.51. The van der Waals surface area contributed by atoms with Crippen molar-refractivity contribution in [2.24, 2.45) is 5.41 Å². The van der Waals surface area contributed by atoms with Crippen LogP contribution in [0.25, 0.3) is 0 Å². The third kappa shape index (κ3) is 3.62. The molecule has 1 fully saturated rings. The van der Waals surface area contributed by atoms with Gasteiger partial charge in [0.2, 0.25) is 0 Å². The Balaban J connectivity index is 2.64. The Morgan fingerprint density at radius 3 is 2.47 bits per heavy atom. The van der Waals surface area contributed by atoms with Crippen molar-refractivity contribution < 1.29 is 4.74 Å². The van der Waals surface area contributed by atoms with Crippen molar-refractivity contribution >= 4 is 0 Å². The summed E-state index contributed by atoms with van der Waals surface area (Å²) in [5, 5.41) is 0. The lowest BCUT2D eigenvalue weighted by Gasteiger charge is -2.41. The molecule has 0 spiro atoms. The molecule has 2 heteroatoms. The maximum absolute atomic E-state index is 6.03. The molecule has 1 rings (SSSR count). The van der Waals surface area contributed by atoms with E-state index in [4.69, 9.17) is 4.74 Å². The van der Waals surface area contributed by atoms with E-state index in [1.807, 2.05) is 0 Å². The van der Waals surface area contributed by atoms with Crippen LogP contribution in [0.2, 0.25) is 0 Å². The molecule has 0 amide bonds. The van der Waals surface area contributed by atoms with Gasteiger partial charge in [-0.1, -0.05) is 26.0 Å². The number of ether oxygens (including phenoxy) is 1. The molecule has 1 aliphatic rings. The molecular weight excluding hydrogens is 186 g/mol. The molecule has 1 heterocycles. The minimum absolute atomic E-state index is 0.196. The first-order valence-corrected chi connectivity index (χ1v) is 5.78. The second-order valence-electron chi connectivity index (χ2n) is 5.82. The second-order valence-corrected chi connectivity index (χ2v) is 5.82. The Hall–Kier alpha value is -0.340. The van der Waals surface area contributed by atoms with E-state index in [0.717, 1.165) is 19.4 Å². The van der Waals surface area contributed by atoms with E-state index < -0.39 is 0 Å². The molecule has 1 aliphatic heterocycles. The Morgan fingerprint density at radius 1 is 1.40 bits per heavy atom. The summed E-state index contributed by atoms with van der Waals surface area (Å²) in [4.78, 5) is 2.23. The molecule has 15 heavy (non-hydrogen) atoms. The van der Waals surface area contributed by atoms with Gasteiger partial charge in [-0.2, -0.15) is 0 Å².